The van der Waals surface area contributed by atoms with E-state index in [0.717, 1.165) is 0 Å². The second kappa shape index (κ2) is 4.05. The largest absolute Gasteiger partial charge is 0.380 e. The number of hydrogen-bond acceptors (Lipinski definition) is 4. The Balaban J connectivity index is 2.61. The molecule has 1 heterocycles. The van der Waals surface area contributed by atoms with E-state index in [4.69, 9.17) is 10.00 Å². The van der Waals surface area contributed by atoms with Crippen molar-refractivity contribution in [3.8, 4) is 6.07 Å². The van der Waals surface area contributed by atoms with E-state index in [9.17, 15) is 8.42 Å². The molecule has 1 aliphatic rings. The summed E-state index contributed by atoms with van der Waals surface area (Å²) in [4.78, 5) is 0. The molecule has 0 aromatic rings. The highest BCUT2D eigenvalue weighted by molar-refractivity contribution is 7.89. The third kappa shape index (κ3) is 2.40. The molecule has 0 bridgehead atoms. The molecular weight excluding hydrogens is 192 g/mol. The highest BCUT2D eigenvalue weighted by Gasteiger charge is 2.30. The molecule has 0 aromatic carbocycles. The molecule has 0 N–H and O–H groups in total. The van der Waals surface area contributed by atoms with Gasteiger partial charge in [0.25, 0.3) is 0 Å². The Morgan fingerprint density at radius 3 is 2.85 bits per heavy atom. The van der Waals surface area contributed by atoms with Gasteiger partial charge in [0.1, 0.15) is 0 Å². The molecule has 5 nitrogen and oxygen atoms in total. The van der Waals surface area contributed by atoms with E-state index in [1.54, 1.807) is 13.2 Å². The first-order valence-electron chi connectivity index (χ1n) is 3.97. The Morgan fingerprint density at radius 2 is 2.38 bits per heavy atom. The first-order chi connectivity index (χ1) is 6.10. The van der Waals surface area contributed by atoms with E-state index >= 15 is 0 Å². The molecule has 1 fully saturated rings. The van der Waals surface area contributed by atoms with Crippen molar-refractivity contribution in [2.75, 3.05) is 26.0 Å². The zero-order valence-electron chi connectivity index (χ0n) is 7.43. The van der Waals surface area contributed by atoms with E-state index in [-0.39, 0.29) is 6.10 Å². The highest BCUT2D eigenvalue weighted by atomic mass is 32.2. The smallest absolute Gasteiger partial charge is 0.227 e. The number of nitrogens with zero attached hydrogens (tertiary/aromatic N) is 2. The molecule has 0 aliphatic carbocycles. The molecule has 0 saturated carbocycles. The van der Waals surface area contributed by atoms with Crippen LogP contribution in [0.1, 0.15) is 6.42 Å². The Kier molecular flexibility index (Phi) is 3.25. The molecule has 1 saturated heterocycles. The third-order valence-electron chi connectivity index (χ3n) is 2.08. The quantitative estimate of drug-likeness (QED) is 0.625. The zero-order valence-corrected chi connectivity index (χ0v) is 8.25. The molecule has 1 atom stereocenters. The van der Waals surface area contributed by atoms with Gasteiger partial charge in [0.2, 0.25) is 10.0 Å². The lowest BCUT2D eigenvalue weighted by molar-refractivity contribution is 0.115. The average molecular weight is 204 g/mol. The Hall–Kier alpha value is -0.640. The molecule has 1 rings (SSSR count). The SMILES string of the molecule is CO[C@H]1CCN(S(=O)(=O)CC#N)C1. The minimum absolute atomic E-state index is 0.0199. The van der Waals surface area contributed by atoms with Crippen LogP contribution in [0.25, 0.3) is 0 Å². The van der Waals surface area contributed by atoms with Crippen molar-refractivity contribution in [1.29, 1.82) is 5.26 Å². The van der Waals surface area contributed by atoms with Gasteiger partial charge in [-0.3, -0.25) is 0 Å². The van der Waals surface area contributed by atoms with Gasteiger partial charge in [-0.15, -0.1) is 0 Å². The first-order valence-corrected chi connectivity index (χ1v) is 5.58. The first kappa shape index (κ1) is 10.4. The van der Waals surface area contributed by atoms with Gasteiger partial charge in [0.15, 0.2) is 5.75 Å². The van der Waals surface area contributed by atoms with Crippen LogP contribution in [0.3, 0.4) is 0 Å². The molecule has 0 spiro atoms. The normalized spacial score (nSPS) is 24.5. The molecule has 1 aliphatic heterocycles. The van der Waals surface area contributed by atoms with E-state index < -0.39 is 15.8 Å². The summed E-state index contributed by atoms with van der Waals surface area (Å²) in [5.41, 5.74) is 0. The predicted molar refractivity (Wildman–Crippen MR) is 46.4 cm³/mol. The number of rotatable bonds is 3. The lowest BCUT2D eigenvalue weighted by atomic mass is 10.3. The van der Waals surface area contributed by atoms with Gasteiger partial charge in [-0.1, -0.05) is 0 Å². The summed E-state index contributed by atoms with van der Waals surface area (Å²) >= 11 is 0. The van der Waals surface area contributed by atoms with Crippen LogP contribution in [-0.2, 0) is 14.8 Å². The van der Waals surface area contributed by atoms with Gasteiger partial charge < -0.3 is 4.74 Å². The minimum Gasteiger partial charge on any atom is -0.380 e. The Morgan fingerprint density at radius 1 is 1.69 bits per heavy atom. The monoisotopic (exact) mass is 204 g/mol. The molecule has 13 heavy (non-hydrogen) atoms. The van der Waals surface area contributed by atoms with Crippen LogP contribution in [0.15, 0.2) is 0 Å². The number of nitriles is 1. The predicted octanol–water partition coefficient (Wildman–Crippen LogP) is -0.440. The molecule has 0 aromatic heterocycles. The Bertz CT molecular complexity index is 306. The summed E-state index contributed by atoms with van der Waals surface area (Å²) in [6, 6.07) is 1.65. The van der Waals surface area contributed by atoms with E-state index in [0.29, 0.717) is 19.5 Å². The average Bonchev–Trinajstić information content (AvgIpc) is 2.52. The molecule has 74 valence electrons. The van der Waals surface area contributed by atoms with Gasteiger partial charge in [-0.25, -0.2) is 8.42 Å². The van der Waals surface area contributed by atoms with Crippen molar-refractivity contribution in [3.05, 3.63) is 0 Å². The van der Waals surface area contributed by atoms with Crippen molar-refractivity contribution in [3.63, 3.8) is 0 Å². The van der Waals surface area contributed by atoms with Gasteiger partial charge in [-0.05, 0) is 6.42 Å². The standard InChI is InChI=1S/C7H12N2O3S/c1-12-7-2-4-9(6-7)13(10,11)5-3-8/h7H,2,4-6H2,1H3/t7-/m0/s1. The number of methoxy groups -OCH3 is 1. The maximum Gasteiger partial charge on any atom is 0.227 e. The van der Waals surface area contributed by atoms with Crippen molar-refractivity contribution in [2.45, 2.75) is 12.5 Å². The lowest BCUT2D eigenvalue weighted by Gasteiger charge is -2.13. The summed E-state index contributed by atoms with van der Waals surface area (Å²) in [7, 11) is -1.80. The third-order valence-corrected chi connectivity index (χ3v) is 3.69. The summed E-state index contributed by atoms with van der Waals surface area (Å²) in [6.07, 6.45) is 0.690. The van der Waals surface area contributed by atoms with E-state index in [1.165, 1.54) is 4.31 Å². The van der Waals surface area contributed by atoms with Crippen LogP contribution in [0, 0.1) is 11.3 Å². The van der Waals surface area contributed by atoms with Gasteiger partial charge in [0.05, 0.1) is 12.2 Å². The molecule has 0 unspecified atom stereocenters. The van der Waals surface area contributed by atoms with Crippen molar-refractivity contribution < 1.29 is 13.2 Å². The fourth-order valence-corrected chi connectivity index (χ4v) is 2.44. The highest BCUT2D eigenvalue weighted by Crippen LogP contribution is 2.15. The fraction of sp³-hybridized carbons (Fsp3) is 0.857. The van der Waals surface area contributed by atoms with Crippen molar-refractivity contribution in [2.24, 2.45) is 0 Å². The van der Waals surface area contributed by atoms with Crippen LogP contribution < -0.4 is 0 Å². The molecular formula is C7H12N2O3S. The van der Waals surface area contributed by atoms with Gasteiger partial charge in [0, 0.05) is 20.2 Å². The van der Waals surface area contributed by atoms with Crippen LogP contribution in [0.5, 0.6) is 0 Å². The zero-order chi connectivity index (χ0) is 9.90. The van der Waals surface area contributed by atoms with Crippen LogP contribution in [-0.4, -0.2) is 44.8 Å². The van der Waals surface area contributed by atoms with E-state index in [2.05, 4.69) is 0 Å². The second-order valence-corrected chi connectivity index (χ2v) is 4.89. The topological polar surface area (TPSA) is 70.4 Å². The summed E-state index contributed by atoms with van der Waals surface area (Å²) in [6.45, 7) is 0.836. The van der Waals surface area contributed by atoms with E-state index in [1.807, 2.05) is 0 Å². The maximum atomic E-state index is 11.3. The summed E-state index contributed by atoms with van der Waals surface area (Å²) < 4.78 is 29.0. The van der Waals surface area contributed by atoms with Gasteiger partial charge >= 0.3 is 0 Å². The van der Waals surface area contributed by atoms with Gasteiger partial charge in [-0.2, -0.15) is 9.57 Å². The maximum absolute atomic E-state index is 11.3. The molecule has 6 heteroatoms. The molecule has 0 radical (unpaired) electrons. The summed E-state index contributed by atoms with van der Waals surface area (Å²) in [5, 5.41) is 8.30. The van der Waals surface area contributed by atoms with Crippen LogP contribution in [0.2, 0.25) is 0 Å². The van der Waals surface area contributed by atoms with Crippen molar-refractivity contribution in [1.82, 2.24) is 4.31 Å². The number of ether oxygens (including phenoxy) is 1. The van der Waals surface area contributed by atoms with Crippen LogP contribution in [0.4, 0.5) is 0 Å². The fourth-order valence-electron chi connectivity index (χ4n) is 1.32. The Labute approximate surface area is 77.9 Å². The van der Waals surface area contributed by atoms with Crippen molar-refractivity contribution >= 4 is 10.0 Å². The second-order valence-electron chi connectivity index (χ2n) is 2.92. The molecule has 0 amide bonds. The summed E-state index contributed by atoms with van der Waals surface area (Å²) in [5.74, 6) is -0.441. The lowest BCUT2D eigenvalue weighted by Crippen LogP contribution is -2.31. The number of sulfonamides is 1. The van der Waals surface area contributed by atoms with Crippen LogP contribution >= 0.6 is 0 Å². The number of hydrogen-bond donors (Lipinski definition) is 0. The minimum atomic E-state index is -3.36.